The first-order chi connectivity index (χ1) is 35.6. The predicted molar refractivity (Wildman–Crippen MR) is 277 cm³/mol. The molecule has 0 amide bonds. The van der Waals surface area contributed by atoms with Crippen molar-refractivity contribution in [3.63, 3.8) is 0 Å². The lowest BCUT2D eigenvalue weighted by Gasteiger charge is -2.26. The van der Waals surface area contributed by atoms with Gasteiger partial charge >= 0.3 is 0 Å². The molecule has 0 atom stereocenters. The topological polar surface area (TPSA) is 3.24 Å². The van der Waals surface area contributed by atoms with E-state index in [9.17, 15) is 11.0 Å². The van der Waals surface area contributed by atoms with Crippen LogP contribution in [0.2, 0.25) is 0 Å². The maximum atomic E-state index is 9.89. The Labute approximate surface area is 393 Å². The van der Waals surface area contributed by atoms with Crippen LogP contribution in [0.4, 0.5) is 17.1 Å². The van der Waals surface area contributed by atoms with Gasteiger partial charge in [0.05, 0.1) is 11.0 Å². The second-order valence-corrected chi connectivity index (χ2v) is 15.8. The highest BCUT2D eigenvalue weighted by molar-refractivity contribution is 6.04. The van der Waals surface area contributed by atoms with Crippen LogP contribution in [0.5, 0.6) is 0 Å². The van der Waals surface area contributed by atoms with Gasteiger partial charge in [0, 0.05) is 17.1 Å². The standard InChI is InChI=1S/C64H45N/c1-5-16-46(17-6-1)54-25-15-26-55(44-54)47-28-36-57(37-29-47)65(59-40-32-53(33-41-59)64-61-27-14-13-24-52(61)34-43-62(64)50-20-9-3-10-21-50)58-38-30-48(31-39-58)56-35-42-60(49-18-7-2-8-19-49)63(45-56)51-22-11-4-12-23-51/h1-45H/i28D,29D,32D,33D,36D,37D,40D,41D. The molecule has 0 spiro atoms. The number of rotatable bonds is 10. The first-order valence-corrected chi connectivity index (χ1v) is 21.7. The van der Waals surface area contributed by atoms with Crippen molar-refractivity contribution in [2.45, 2.75) is 0 Å². The minimum atomic E-state index is -0.410. The van der Waals surface area contributed by atoms with Gasteiger partial charge in [0.25, 0.3) is 0 Å². The molecule has 0 saturated heterocycles. The highest BCUT2D eigenvalue weighted by atomic mass is 15.1. The number of hydrogen-bond donors (Lipinski definition) is 0. The van der Waals surface area contributed by atoms with E-state index < -0.39 is 24.2 Å². The molecule has 0 aliphatic carbocycles. The molecule has 0 bridgehead atoms. The van der Waals surface area contributed by atoms with Crippen LogP contribution in [-0.2, 0) is 0 Å². The van der Waals surface area contributed by atoms with Crippen molar-refractivity contribution in [2.24, 2.45) is 0 Å². The lowest BCUT2D eigenvalue weighted by atomic mass is 9.89. The summed E-state index contributed by atoms with van der Waals surface area (Å²) in [4.78, 5) is 1.37. The van der Waals surface area contributed by atoms with Gasteiger partial charge in [0.2, 0.25) is 0 Å². The zero-order valence-electron chi connectivity index (χ0n) is 43.3. The Bertz CT molecular complexity index is 3810. The van der Waals surface area contributed by atoms with E-state index in [0.29, 0.717) is 16.8 Å². The molecule has 0 radical (unpaired) electrons. The monoisotopic (exact) mass is 835 g/mol. The zero-order chi connectivity index (χ0) is 50.3. The molecule has 0 unspecified atom stereocenters. The van der Waals surface area contributed by atoms with Crippen LogP contribution in [0.3, 0.4) is 0 Å². The summed E-state index contributed by atoms with van der Waals surface area (Å²) < 4.78 is 78.0. The largest absolute Gasteiger partial charge is 0.311 e. The average Bonchev–Trinajstić information content (AvgIpc) is 3.44. The van der Waals surface area contributed by atoms with Gasteiger partial charge in [0.1, 0.15) is 0 Å². The minimum absolute atomic E-state index is 0.0966. The van der Waals surface area contributed by atoms with Crippen LogP contribution in [0, 0.1) is 0 Å². The van der Waals surface area contributed by atoms with Crippen molar-refractivity contribution in [1.29, 1.82) is 0 Å². The molecule has 11 aromatic carbocycles. The van der Waals surface area contributed by atoms with Crippen LogP contribution >= 0.6 is 0 Å². The molecule has 11 aromatic rings. The molecule has 65 heavy (non-hydrogen) atoms. The molecule has 0 N–H and O–H groups in total. The first kappa shape index (κ1) is 31.3. The fourth-order valence-electron chi connectivity index (χ4n) is 8.61. The molecule has 0 saturated carbocycles. The maximum absolute atomic E-state index is 9.89. The summed E-state index contributed by atoms with van der Waals surface area (Å²) in [5, 5.41) is 1.62. The van der Waals surface area contributed by atoms with Gasteiger partial charge in [-0.3, -0.25) is 0 Å². The van der Waals surface area contributed by atoms with Crippen LogP contribution in [0.1, 0.15) is 11.0 Å². The fourth-order valence-corrected chi connectivity index (χ4v) is 8.61. The van der Waals surface area contributed by atoms with Crippen molar-refractivity contribution >= 4 is 27.8 Å². The van der Waals surface area contributed by atoms with E-state index in [2.05, 4.69) is 42.5 Å². The van der Waals surface area contributed by atoms with Gasteiger partial charge in [-0.15, -0.1) is 0 Å². The van der Waals surface area contributed by atoms with E-state index in [0.717, 1.165) is 66.4 Å². The Hall–Kier alpha value is -8.52. The number of nitrogens with zero attached hydrogens (tertiary/aromatic N) is 1. The fraction of sp³-hybridized carbons (Fsp3) is 0. The average molecular weight is 836 g/mol. The summed E-state index contributed by atoms with van der Waals surface area (Å²) in [6, 6.07) is 69.5. The van der Waals surface area contributed by atoms with Gasteiger partial charge < -0.3 is 4.90 Å². The zero-order valence-corrected chi connectivity index (χ0v) is 35.3. The predicted octanol–water partition coefficient (Wildman–Crippen LogP) is 18.0. The third-order valence-corrected chi connectivity index (χ3v) is 11.8. The van der Waals surface area contributed by atoms with Gasteiger partial charge in [0.15, 0.2) is 0 Å². The number of hydrogen-bond acceptors (Lipinski definition) is 1. The molecular formula is C64H45N. The summed E-state index contributed by atoms with van der Waals surface area (Å²) in [6.07, 6.45) is 0. The van der Waals surface area contributed by atoms with Crippen LogP contribution in [0.15, 0.2) is 273 Å². The van der Waals surface area contributed by atoms with Gasteiger partial charge in [-0.1, -0.05) is 224 Å². The summed E-state index contributed by atoms with van der Waals surface area (Å²) in [7, 11) is 0. The third kappa shape index (κ3) is 8.04. The minimum Gasteiger partial charge on any atom is -0.311 e. The second kappa shape index (κ2) is 17.7. The Morgan fingerprint density at radius 2 is 0.677 bits per heavy atom. The van der Waals surface area contributed by atoms with E-state index in [1.807, 2.05) is 164 Å². The molecule has 0 aliphatic rings. The van der Waals surface area contributed by atoms with Crippen molar-refractivity contribution in [3.8, 4) is 77.9 Å². The number of benzene rings is 11. The summed E-state index contributed by atoms with van der Waals surface area (Å²) in [6.45, 7) is 0. The van der Waals surface area contributed by atoms with E-state index in [-0.39, 0.29) is 46.7 Å². The Kier molecular flexibility index (Phi) is 8.53. The van der Waals surface area contributed by atoms with Crippen molar-refractivity contribution in [3.05, 3.63) is 273 Å². The quantitative estimate of drug-likeness (QED) is 0.133. The maximum Gasteiger partial charge on any atom is 0.0645 e. The number of anilines is 3. The molecule has 0 fully saturated rings. The third-order valence-electron chi connectivity index (χ3n) is 11.8. The Morgan fingerprint density at radius 3 is 1.29 bits per heavy atom. The van der Waals surface area contributed by atoms with Gasteiger partial charge in [-0.2, -0.15) is 0 Å². The van der Waals surface area contributed by atoms with E-state index >= 15 is 0 Å². The van der Waals surface area contributed by atoms with Crippen molar-refractivity contribution < 1.29 is 11.0 Å². The Balaban J connectivity index is 1.12. The lowest BCUT2D eigenvalue weighted by molar-refractivity contribution is 1.28. The molecule has 11 rings (SSSR count). The highest BCUT2D eigenvalue weighted by Gasteiger charge is 2.17. The van der Waals surface area contributed by atoms with Crippen molar-refractivity contribution in [2.75, 3.05) is 4.90 Å². The van der Waals surface area contributed by atoms with Crippen LogP contribution in [-0.4, -0.2) is 0 Å². The smallest absolute Gasteiger partial charge is 0.0645 e. The molecule has 0 aliphatic heterocycles. The van der Waals surface area contributed by atoms with E-state index in [4.69, 9.17) is 0 Å². The molecule has 0 heterocycles. The summed E-state index contributed by atoms with van der Waals surface area (Å²) >= 11 is 0. The molecule has 0 aromatic heterocycles. The molecular weight excluding hydrogens is 783 g/mol. The molecule has 1 heteroatoms. The van der Waals surface area contributed by atoms with Crippen LogP contribution < -0.4 is 4.90 Å². The van der Waals surface area contributed by atoms with Crippen molar-refractivity contribution in [1.82, 2.24) is 0 Å². The lowest BCUT2D eigenvalue weighted by Crippen LogP contribution is -2.09. The molecule has 306 valence electrons. The van der Waals surface area contributed by atoms with Gasteiger partial charge in [-0.05, 0) is 137 Å². The number of fused-ring (bicyclic) bond motifs is 1. The second-order valence-electron chi connectivity index (χ2n) is 15.8. The Morgan fingerprint density at radius 1 is 0.246 bits per heavy atom. The van der Waals surface area contributed by atoms with Gasteiger partial charge in [-0.25, -0.2) is 0 Å². The summed E-state index contributed by atoms with van der Waals surface area (Å²) in [5.74, 6) is 0. The summed E-state index contributed by atoms with van der Waals surface area (Å²) in [5.41, 5.74) is 10.5. The normalized spacial score (nSPS) is 12.8. The van der Waals surface area contributed by atoms with E-state index in [1.165, 1.54) is 4.90 Å². The first-order valence-electron chi connectivity index (χ1n) is 25.7. The van der Waals surface area contributed by atoms with E-state index in [1.54, 1.807) is 18.2 Å². The SMILES string of the molecule is [2H]c1c([2H])c(N(c2ccc(-c3ccc(-c4ccccc4)c(-c4ccccc4)c3)cc2)c2c([2H])c([2H])c(-c3c(-c4ccccc4)ccc4ccccc34)c([2H])c2[2H])c([2H])c([2H])c1-c1cccc(-c2ccccc2)c1. The highest BCUT2D eigenvalue weighted by Crippen LogP contribution is 2.42. The van der Waals surface area contributed by atoms with Crippen LogP contribution in [0.25, 0.3) is 88.7 Å². The molecule has 1 nitrogen and oxygen atoms in total.